The van der Waals surface area contributed by atoms with Crippen LogP contribution in [0.1, 0.15) is 46.9 Å². The van der Waals surface area contributed by atoms with Gasteiger partial charge in [0.1, 0.15) is 10.8 Å². The third kappa shape index (κ3) is 4.10. The van der Waals surface area contributed by atoms with Gasteiger partial charge in [0.25, 0.3) is 5.91 Å². The molecule has 5 nitrogen and oxygen atoms in total. The monoisotopic (exact) mass is 374 g/mol. The predicted octanol–water partition coefficient (Wildman–Crippen LogP) is 3.94. The van der Waals surface area contributed by atoms with E-state index in [9.17, 15) is 9.18 Å². The molecule has 7 heteroatoms. The second-order valence-corrected chi connectivity index (χ2v) is 8.35. The van der Waals surface area contributed by atoms with E-state index in [4.69, 9.17) is 0 Å². The molecule has 2 aromatic rings. The number of rotatable bonds is 4. The molecule has 2 fully saturated rings. The molecule has 2 aliphatic rings. The summed E-state index contributed by atoms with van der Waals surface area (Å²) in [5.74, 6) is 1.10. The summed E-state index contributed by atoms with van der Waals surface area (Å²) >= 11 is 1.34. The van der Waals surface area contributed by atoms with E-state index in [0.29, 0.717) is 10.7 Å². The number of benzene rings is 1. The number of carbonyl (C=O) groups excluding carboxylic acids is 1. The summed E-state index contributed by atoms with van der Waals surface area (Å²) in [6, 6.07) is 5.69. The first-order valence-corrected chi connectivity index (χ1v) is 10.1. The minimum absolute atomic E-state index is 0.300. The molecule has 2 atom stereocenters. The van der Waals surface area contributed by atoms with E-state index in [0.717, 1.165) is 36.5 Å². The van der Waals surface area contributed by atoms with E-state index < -0.39 is 0 Å². The van der Waals surface area contributed by atoms with Crippen molar-refractivity contribution in [3.8, 4) is 0 Å². The van der Waals surface area contributed by atoms with Crippen molar-refractivity contribution in [1.29, 1.82) is 0 Å². The van der Waals surface area contributed by atoms with Gasteiger partial charge in [0.2, 0.25) is 5.01 Å². The fourth-order valence-corrected chi connectivity index (χ4v) is 4.92. The third-order valence-corrected chi connectivity index (χ3v) is 6.40. The van der Waals surface area contributed by atoms with E-state index in [2.05, 4.69) is 20.4 Å². The van der Waals surface area contributed by atoms with Crippen molar-refractivity contribution in [2.45, 2.75) is 38.6 Å². The number of piperidine rings is 1. The van der Waals surface area contributed by atoms with Crippen molar-refractivity contribution in [2.75, 3.05) is 18.4 Å². The molecule has 1 aromatic carbocycles. The number of halogens is 1. The number of likely N-dealkylation sites (tertiary alicyclic amines) is 1. The number of anilines is 1. The van der Waals surface area contributed by atoms with Gasteiger partial charge in [-0.05, 0) is 55.5 Å². The summed E-state index contributed by atoms with van der Waals surface area (Å²) in [6.07, 6.45) is 6.78. The number of hydrogen-bond donors (Lipinski definition) is 1. The Hall–Kier alpha value is -1.86. The fraction of sp³-hybridized carbons (Fsp3) is 0.526. The average Bonchev–Trinajstić information content (AvgIpc) is 3.12. The third-order valence-electron chi connectivity index (χ3n) is 5.50. The molecule has 1 aromatic heterocycles. The largest absolute Gasteiger partial charge is 0.320 e. The Bertz CT molecular complexity index is 763. The van der Waals surface area contributed by atoms with Gasteiger partial charge in [-0.1, -0.05) is 30.6 Å². The first-order chi connectivity index (χ1) is 12.7. The summed E-state index contributed by atoms with van der Waals surface area (Å²) in [5, 5.41) is 12.2. The van der Waals surface area contributed by atoms with Crippen LogP contribution in [0.2, 0.25) is 0 Å². The molecule has 138 valence electrons. The fourth-order valence-electron chi connectivity index (χ4n) is 4.14. The van der Waals surface area contributed by atoms with Gasteiger partial charge in [0.15, 0.2) is 0 Å². The molecule has 1 amide bonds. The molecule has 0 bridgehead atoms. The van der Waals surface area contributed by atoms with Crippen LogP contribution in [0.3, 0.4) is 0 Å². The van der Waals surface area contributed by atoms with E-state index in [1.807, 2.05) is 0 Å². The quantitative estimate of drug-likeness (QED) is 0.881. The summed E-state index contributed by atoms with van der Waals surface area (Å²) in [4.78, 5) is 14.7. The lowest BCUT2D eigenvalue weighted by molar-refractivity contribution is 0.0819. The van der Waals surface area contributed by atoms with Crippen LogP contribution in [0, 0.1) is 17.7 Å². The second-order valence-electron chi connectivity index (χ2n) is 7.29. The van der Waals surface area contributed by atoms with Gasteiger partial charge < -0.3 is 5.32 Å². The zero-order chi connectivity index (χ0) is 17.9. The van der Waals surface area contributed by atoms with Crippen LogP contribution in [0.15, 0.2) is 24.3 Å². The van der Waals surface area contributed by atoms with Gasteiger partial charge in [0.05, 0.1) is 6.54 Å². The van der Waals surface area contributed by atoms with Crippen LogP contribution in [0.25, 0.3) is 0 Å². The zero-order valence-electron chi connectivity index (χ0n) is 14.7. The highest BCUT2D eigenvalue weighted by Crippen LogP contribution is 2.36. The Kier molecular flexibility index (Phi) is 5.26. The van der Waals surface area contributed by atoms with Gasteiger partial charge in [-0.25, -0.2) is 4.39 Å². The Morgan fingerprint density at radius 1 is 1.15 bits per heavy atom. The number of nitrogens with one attached hydrogen (secondary N) is 1. The zero-order valence-corrected chi connectivity index (χ0v) is 15.5. The molecule has 1 aliphatic heterocycles. The number of amides is 1. The Morgan fingerprint density at radius 3 is 2.73 bits per heavy atom. The maximum atomic E-state index is 12.9. The van der Waals surface area contributed by atoms with Gasteiger partial charge in [0, 0.05) is 12.2 Å². The van der Waals surface area contributed by atoms with Crippen LogP contribution in [0.4, 0.5) is 10.1 Å². The minimum Gasteiger partial charge on any atom is -0.320 e. The highest BCUT2D eigenvalue weighted by molar-refractivity contribution is 7.13. The summed E-state index contributed by atoms with van der Waals surface area (Å²) in [6.45, 7) is 3.02. The standard InChI is InChI=1S/C19H23FN4OS/c20-15-5-7-16(8-6-15)21-18(25)19-23-22-17(26-19)12-24-10-9-13-3-1-2-4-14(13)11-24/h5-8,13-14H,1-4,9-12H2,(H,21,25)/t13-,14+/m0/s1. The SMILES string of the molecule is O=C(Nc1ccc(F)cc1)c1nnc(CN2CC[C@@H]3CCCC[C@@H]3C2)s1. The number of aromatic nitrogens is 2. The Labute approximate surface area is 156 Å². The van der Waals surface area contributed by atoms with Crippen LogP contribution >= 0.6 is 11.3 Å². The molecule has 1 N–H and O–H groups in total. The molecule has 0 radical (unpaired) electrons. The van der Waals surface area contributed by atoms with Gasteiger partial charge in [-0.3, -0.25) is 9.69 Å². The van der Waals surface area contributed by atoms with E-state index in [1.54, 1.807) is 0 Å². The summed E-state index contributed by atoms with van der Waals surface area (Å²) in [7, 11) is 0. The van der Waals surface area contributed by atoms with Crippen LogP contribution in [-0.2, 0) is 6.54 Å². The lowest BCUT2D eigenvalue weighted by Crippen LogP contribution is -2.41. The van der Waals surface area contributed by atoms with Gasteiger partial charge in [-0.2, -0.15) is 0 Å². The number of fused-ring (bicyclic) bond motifs is 1. The first-order valence-electron chi connectivity index (χ1n) is 9.29. The smallest absolute Gasteiger partial charge is 0.286 e. The van der Waals surface area contributed by atoms with E-state index in [1.165, 1.54) is 67.7 Å². The molecule has 1 aliphatic carbocycles. The normalized spacial score (nSPS) is 23.4. The Balaban J connectivity index is 1.34. The molecule has 1 saturated carbocycles. The van der Waals surface area contributed by atoms with Crippen LogP contribution < -0.4 is 5.32 Å². The lowest BCUT2D eigenvalue weighted by Gasteiger charge is -2.41. The molecule has 26 heavy (non-hydrogen) atoms. The molecule has 4 rings (SSSR count). The van der Waals surface area contributed by atoms with Crippen molar-refractivity contribution < 1.29 is 9.18 Å². The number of nitrogens with zero attached hydrogens (tertiary/aromatic N) is 3. The molecule has 2 heterocycles. The Morgan fingerprint density at radius 2 is 1.92 bits per heavy atom. The number of hydrogen-bond acceptors (Lipinski definition) is 5. The van der Waals surface area contributed by atoms with Gasteiger partial charge >= 0.3 is 0 Å². The highest BCUT2D eigenvalue weighted by Gasteiger charge is 2.31. The lowest BCUT2D eigenvalue weighted by atomic mass is 9.75. The topological polar surface area (TPSA) is 58.1 Å². The van der Waals surface area contributed by atoms with Gasteiger partial charge in [-0.15, -0.1) is 10.2 Å². The van der Waals surface area contributed by atoms with Crippen LogP contribution in [0.5, 0.6) is 0 Å². The minimum atomic E-state index is -0.331. The summed E-state index contributed by atoms with van der Waals surface area (Å²) in [5.41, 5.74) is 0.549. The molecule has 0 unspecified atom stereocenters. The molecule has 0 spiro atoms. The maximum Gasteiger partial charge on any atom is 0.286 e. The van der Waals surface area contributed by atoms with Crippen LogP contribution in [-0.4, -0.2) is 34.1 Å². The summed E-state index contributed by atoms with van der Waals surface area (Å²) < 4.78 is 12.9. The van der Waals surface area contributed by atoms with Crippen molar-refractivity contribution >= 4 is 22.9 Å². The molecular weight excluding hydrogens is 351 g/mol. The van der Waals surface area contributed by atoms with E-state index in [-0.39, 0.29) is 11.7 Å². The molecule has 1 saturated heterocycles. The van der Waals surface area contributed by atoms with Crippen molar-refractivity contribution in [3.05, 3.63) is 40.1 Å². The average molecular weight is 374 g/mol. The van der Waals surface area contributed by atoms with Crippen molar-refractivity contribution in [2.24, 2.45) is 11.8 Å². The second kappa shape index (κ2) is 7.80. The predicted molar refractivity (Wildman–Crippen MR) is 99.6 cm³/mol. The molecular formula is C19H23FN4OS. The maximum absolute atomic E-state index is 12.9. The number of carbonyl (C=O) groups is 1. The van der Waals surface area contributed by atoms with E-state index >= 15 is 0 Å². The highest BCUT2D eigenvalue weighted by atomic mass is 32.1. The first kappa shape index (κ1) is 17.5. The van der Waals surface area contributed by atoms with Crippen molar-refractivity contribution in [1.82, 2.24) is 15.1 Å². The van der Waals surface area contributed by atoms with Crippen molar-refractivity contribution in [3.63, 3.8) is 0 Å².